The standard InChI is InChI=1S/C30H26F12N10O4/c1-53-17-7-3-15(4-8-17)43-21-45-22(44-16-5-9-18(54-2)10-6-16)47-23(46-21)51-11-13-52(14-12-51)24-48-25(55-19(27(31,32)33)28(34,35)36)50-26(49-24)56-20(29(37,38)39)30(40,41)42/h3-10,19-20H,11-14H2,1-2H3,(H2,43,44,45,46,47). The second-order valence-electron chi connectivity index (χ2n) is 11.3. The molecular formula is C30H26F12N10O4. The van der Waals surface area contributed by atoms with Crippen molar-refractivity contribution in [3.63, 3.8) is 0 Å². The van der Waals surface area contributed by atoms with E-state index in [9.17, 15) is 52.7 Å². The van der Waals surface area contributed by atoms with Gasteiger partial charge in [0.05, 0.1) is 14.2 Å². The maximum Gasteiger partial charge on any atom is 0.434 e. The first-order valence-electron chi connectivity index (χ1n) is 15.6. The molecule has 0 radical (unpaired) electrons. The van der Waals surface area contributed by atoms with Crippen molar-refractivity contribution in [2.45, 2.75) is 36.9 Å². The Balaban J connectivity index is 1.44. The lowest BCUT2D eigenvalue weighted by Gasteiger charge is -2.35. The van der Waals surface area contributed by atoms with Gasteiger partial charge in [-0.3, -0.25) is 0 Å². The second kappa shape index (κ2) is 16.0. The molecule has 0 unspecified atom stereocenters. The number of nitrogens with zero attached hydrogens (tertiary/aromatic N) is 8. The predicted molar refractivity (Wildman–Crippen MR) is 170 cm³/mol. The van der Waals surface area contributed by atoms with Crippen molar-refractivity contribution < 1.29 is 71.6 Å². The molecule has 14 nitrogen and oxygen atoms in total. The number of benzene rings is 2. The monoisotopic (exact) mass is 818 g/mol. The van der Waals surface area contributed by atoms with Crippen LogP contribution in [-0.4, -0.2) is 107 Å². The second-order valence-corrected chi connectivity index (χ2v) is 11.3. The highest BCUT2D eigenvalue weighted by Crippen LogP contribution is 2.38. The number of methoxy groups -OCH3 is 2. The molecule has 2 aromatic carbocycles. The van der Waals surface area contributed by atoms with Crippen LogP contribution in [0.3, 0.4) is 0 Å². The number of hydrogen-bond donors (Lipinski definition) is 2. The summed E-state index contributed by atoms with van der Waals surface area (Å²) in [6.45, 7) is -0.817. The van der Waals surface area contributed by atoms with Gasteiger partial charge in [0.2, 0.25) is 23.8 Å². The fraction of sp³-hybridized carbons (Fsp3) is 0.400. The Hall–Kier alpha value is -5.98. The van der Waals surface area contributed by atoms with E-state index in [0.29, 0.717) is 22.9 Å². The molecule has 56 heavy (non-hydrogen) atoms. The van der Waals surface area contributed by atoms with Gasteiger partial charge in [0, 0.05) is 37.6 Å². The largest absolute Gasteiger partial charge is 0.497 e. The van der Waals surface area contributed by atoms with E-state index in [0.717, 1.165) is 4.90 Å². The third-order valence-electron chi connectivity index (χ3n) is 7.38. The first-order valence-corrected chi connectivity index (χ1v) is 15.6. The Morgan fingerprint density at radius 1 is 0.482 bits per heavy atom. The Labute approximate surface area is 306 Å². The van der Waals surface area contributed by atoms with Crippen molar-refractivity contribution in [3.8, 4) is 23.5 Å². The van der Waals surface area contributed by atoms with Gasteiger partial charge in [0.1, 0.15) is 11.5 Å². The van der Waals surface area contributed by atoms with Gasteiger partial charge in [-0.25, -0.2) is 0 Å². The van der Waals surface area contributed by atoms with Gasteiger partial charge < -0.3 is 39.4 Å². The van der Waals surface area contributed by atoms with Crippen LogP contribution in [0.2, 0.25) is 0 Å². The van der Waals surface area contributed by atoms with E-state index in [-0.39, 0.29) is 44.0 Å². The summed E-state index contributed by atoms with van der Waals surface area (Å²) in [5, 5.41) is 6.02. The van der Waals surface area contributed by atoms with E-state index >= 15 is 0 Å². The van der Waals surface area contributed by atoms with Crippen molar-refractivity contribution in [2.24, 2.45) is 0 Å². The third-order valence-corrected chi connectivity index (χ3v) is 7.38. The van der Waals surface area contributed by atoms with E-state index in [4.69, 9.17) is 9.47 Å². The molecule has 3 heterocycles. The van der Waals surface area contributed by atoms with Crippen LogP contribution in [-0.2, 0) is 0 Å². The summed E-state index contributed by atoms with van der Waals surface area (Å²) in [4.78, 5) is 25.2. The highest BCUT2D eigenvalue weighted by Gasteiger charge is 2.61. The minimum Gasteiger partial charge on any atom is -0.497 e. The number of nitrogens with one attached hydrogen (secondary N) is 2. The number of piperazine rings is 1. The average Bonchev–Trinajstić information content (AvgIpc) is 3.11. The number of ether oxygens (including phenoxy) is 4. The van der Waals surface area contributed by atoms with E-state index in [1.165, 1.54) is 14.2 Å². The summed E-state index contributed by atoms with van der Waals surface area (Å²) in [5.74, 6) is 0.258. The van der Waals surface area contributed by atoms with Crippen LogP contribution < -0.4 is 39.4 Å². The van der Waals surface area contributed by atoms with Gasteiger partial charge >= 0.3 is 36.7 Å². The molecule has 1 aliphatic rings. The van der Waals surface area contributed by atoms with E-state index < -0.39 is 54.9 Å². The summed E-state index contributed by atoms with van der Waals surface area (Å²) in [6, 6.07) is 9.46. The number of halogens is 12. The molecule has 0 saturated carbocycles. The number of anilines is 6. The van der Waals surface area contributed by atoms with Gasteiger partial charge in [-0.15, -0.1) is 4.98 Å². The molecule has 0 spiro atoms. The van der Waals surface area contributed by atoms with Crippen molar-refractivity contribution >= 4 is 35.2 Å². The third kappa shape index (κ3) is 10.6. The molecule has 5 rings (SSSR count). The van der Waals surface area contributed by atoms with Crippen molar-refractivity contribution in [1.82, 2.24) is 29.9 Å². The molecule has 0 atom stereocenters. The maximum atomic E-state index is 13.3. The summed E-state index contributed by atoms with van der Waals surface area (Å²) in [5.41, 5.74) is 1.07. The highest BCUT2D eigenvalue weighted by atomic mass is 19.4. The van der Waals surface area contributed by atoms with Crippen LogP contribution in [0.25, 0.3) is 0 Å². The molecule has 0 aliphatic carbocycles. The molecular weight excluding hydrogens is 792 g/mol. The minimum absolute atomic E-state index is 0.0340. The molecule has 4 aromatic rings. The molecule has 1 saturated heterocycles. The Kier molecular flexibility index (Phi) is 11.8. The Bertz CT molecular complexity index is 1780. The smallest absolute Gasteiger partial charge is 0.434 e. The molecule has 304 valence electrons. The van der Waals surface area contributed by atoms with Gasteiger partial charge in [0.15, 0.2) is 0 Å². The van der Waals surface area contributed by atoms with Crippen molar-refractivity contribution in [3.05, 3.63) is 48.5 Å². The van der Waals surface area contributed by atoms with Crippen LogP contribution in [0.4, 0.5) is 87.9 Å². The number of aromatic nitrogens is 6. The first kappa shape index (κ1) is 41.2. The molecule has 2 aromatic heterocycles. The van der Waals surface area contributed by atoms with Crippen LogP contribution >= 0.6 is 0 Å². The first-order chi connectivity index (χ1) is 26.1. The maximum absolute atomic E-state index is 13.3. The minimum atomic E-state index is -6.16. The lowest BCUT2D eigenvalue weighted by molar-refractivity contribution is -0.302. The lowest BCUT2D eigenvalue weighted by atomic mass is 10.3. The fourth-order valence-corrected chi connectivity index (χ4v) is 4.76. The number of alkyl halides is 12. The van der Waals surface area contributed by atoms with E-state index in [1.54, 1.807) is 53.4 Å². The van der Waals surface area contributed by atoms with Crippen LogP contribution in [0.1, 0.15) is 0 Å². The molecule has 0 bridgehead atoms. The quantitative estimate of drug-likeness (QED) is 0.148. The molecule has 1 aliphatic heterocycles. The molecule has 2 N–H and O–H groups in total. The SMILES string of the molecule is COc1ccc(Nc2nc(Nc3ccc(OC)cc3)nc(N3CCN(c4nc(OC(C(F)(F)F)C(F)(F)F)nc(OC(C(F)(F)F)C(F)(F)F)n4)CC3)n2)cc1. The van der Waals surface area contributed by atoms with Gasteiger partial charge in [0.25, 0.3) is 12.2 Å². The van der Waals surface area contributed by atoms with Crippen LogP contribution in [0, 0.1) is 0 Å². The molecule has 1 fully saturated rings. The van der Waals surface area contributed by atoms with Crippen LogP contribution in [0.15, 0.2) is 48.5 Å². The summed E-state index contributed by atoms with van der Waals surface area (Å²) >= 11 is 0. The normalized spacial score (nSPS) is 14.2. The molecule has 26 heteroatoms. The average molecular weight is 819 g/mol. The zero-order chi connectivity index (χ0) is 41.1. The Morgan fingerprint density at radius 2 is 0.804 bits per heavy atom. The van der Waals surface area contributed by atoms with Gasteiger partial charge in [-0.2, -0.15) is 77.6 Å². The fourth-order valence-electron chi connectivity index (χ4n) is 4.76. The number of hydrogen-bond acceptors (Lipinski definition) is 14. The summed E-state index contributed by atoms with van der Waals surface area (Å²) in [6.07, 6.45) is -33.9. The topological polar surface area (TPSA) is 145 Å². The lowest BCUT2D eigenvalue weighted by Crippen LogP contribution is -2.49. The van der Waals surface area contributed by atoms with Gasteiger partial charge in [-0.05, 0) is 48.5 Å². The van der Waals surface area contributed by atoms with Crippen LogP contribution in [0.5, 0.6) is 23.5 Å². The van der Waals surface area contributed by atoms with E-state index in [1.807, 2.05) is 0 Å². The van der Waals surface area contributed by atoms with E-state index in [2.05, 4.69) is 50.0 Å². The zero-order valence-corrected chi connectivity index (χ0v) is 28.3. The van der Waals surface area contributed by atoms with Crippen molar-refractivity contribution in [2.75, 3.05) is 60.8 Å². The van der Waals surface area contributed by atoms with Gasteiger partial charge in [-0.1, -0.05) is 0 Å². The summed E-state index contributed by atoms with van der Waals surface area (Å²) in [7, 11) is 2.96. The Morgan fingerprint density at radius 3 is 1.11 bits per heavy atom. The summed E-state index contributed by atoms with van der Waals surface area (Å²) < 4.78 is 177. The molecule has 0 amide bonds. The zero-order valence-electron chi connectivity index (χ0n) is 28.3. The predicted octanol–water partition coefficient (Wildman–Crippen LogP) is 6.63. The van der Waals surface area contributed by atoms with Crippen molar-refractivity contribution in [1.29, 1.82) is 0 Å². The highest BCUT2D eigenvalue weighted by molar-refractivity contribution is 5.60. The number of rotatable bonds is 12.